The molecule has 2 unspecified atom stereocenters. The lowest BCUT2D eigenvalue weighted by atomic mass is 9.81. The maximum absolute atomic E-state index is 14.8. The van der Waals surface area contributed by atoms with Gasteiger partial charge >= 0.3 is 0 Å². The van der Waals surface area contributed by atoms with Crippen LogP contribution in [0.2, 0.25) is 0 Å². The number of hydrogen-bond donors (Lipinski definition) is 2. The molecule has 0 saturated carbocycles. The smallest absolute Gasteiger partial charge is 0.234 e. The van der Waals surface area contributed by atoms with Gasteiger partial charge in [-0.05, 0) is 44.2 Å². The lowest BCUT2D eigenvalue weighted by Crippen LogP contribution is -2.49. The first-order chi connectivity index (χ1) is 13.9. The summed E-state index contributed by atoms with van der Waals surface area (Å²) >= 11 is 0. The van der Waals surface area contributed by atoms with Crippen LogP contribution in [-0.2, 0) is 14.3 Å². The second-order valence-corrected chi connectivity index (χ2v) is 8.40. The summed E-state index contributed by atoms with van der Waals surface area (Å²) in [6, 6.07) is 2.56. The predicted octanol–water partition coefficient (Wildman–Crippen LogP) is 2.24. The van der Waals surface area contributed by atoms with E-state index >= 15 is 0 Å². The molecule has 2 atom stereocenters. The Balaban J connectivity index is 1.45. The van der Waals surface area contributed by atoms with Crippen LogP contribution in [0.25, 0.3) is 0 Å². The Morgan fingerprint density at radius 1 is 1.14 bits per heavy atom. The minimum atomic E-state index is -0.985. The van der Waals surface area contributed by atoms with E-state index in [1.807, 2.05) is 4.90 Å². The number of amides is 2. The Morgan fingerprint density at radius 2 is 1.83 bits per heavy atom. The maximum Gasteiger partial charge on any atom is 0.234 e. The van der Waals surface area contributed by atoms with Crippen LogP contribution < -0.4 is 10.2 Å². The molecule has 1 aromatic rings. The molecular weight excluding hydrogens is 382 g/mol. The molecule has 2 amide bonds. The van der Waals surface area contributed by atoms with Crippen molar-refractivity contribution in [2.45, 2.75) is 50.0 Å². The van der Waals surface area contributed by atoms with Crippen LogP contribution in [-0.4, -0.2) is 48.8 Å². The second-order valence-electron chi connectivity index (χ2n) is 8.40. The summed E-state index contributed by atoms with van der Waals surface area (Å²) in [5.41, 5.74) is -0.0147. The van der Waals surface area contributed by atoms with Crippen molar-refractivity contribution in [3.05, 3.63) is 29.3 Å². The summed E-state index contributed by atoms with van der Waals surface area (Å²) in [4.78, 5) is 25.2. The highest BCUT2D eigenvalue weighted by molar-refractivity contribution is 6.01. The van der Waals surface area contributed by atoms with E-state index < -0.39 is 29.4 Å². The molecule has 8 heteroatoms. The molecule has 0 aliphatic carbocycles. The van der Waals surface area contributed by atoms with Gasteiger partial charge in [0.05, 0.1) is 18.1 Å². The maximum atomic E-state index is 14.8. The number of ether oxygens (including phenoxy) is 1. The number of nitrogens with one attached hydrogen (secondary N) is 1. The first-order valence-electron chi connectivity index (χ1n) is 10.2. The molecule has 29 heavy (non-hydrogen) atoms. The molecule has 4 rings (SSSR count). The number of nitrogens with zero attached hydrogens (tertiary/aromatic N) is 1. The summed E-state index contributed by atoms with van der Waals surface area (Å²) < 4.78 is 35.6. The molecule has 0 aromatic heterocycles. The minimum absolute atomic E-state index is 0.0718. The number of aliphatic hydroxyl groups is 1. The summed E-state index contributed by atoms with van der Waals surface area (Å²) in [6.07, 6.45) is 3.54. The zero-order chi connectivity index (χ0) is 20.6. The molecule has 3 heterocycles. The van der Waals surface area contributed by atoms with Gasteiger partial charge in [-0.25, -0.2) is 8.78 Å². The van der Waals surface area contributed by atoms with Gasteiger partial charge in [0.1, 0.15) is 11.6 Å². The van der Waals surface area contributed by atoms with Gasteiger partial charge in [-0.15, -0.1) is 0 Å². The van der Waals surface area contributed by atoms with Crippen molar-refractivity contribution < 1.29 is 28.2 Å². The number of piperidine rings is 2. The standard InChI is InChI=1S/C21H26F2N2O4/c22-16-9-14(10-17(23)19(16)15-1-2-18(27)24-20(15)28)25-7-5-21(6-8-25)4-3-13(11-26)12-29-21/h9-10,13,15,26H,1-8,11-12H2,(H,24,27,28). The summed E-state index contributed by atoms with van der Waals surface area (Å²) in [5.74, 6) is -3.37. The third-order valence-corrected chi connectivity index (χ3v) is 6.58. The number of halogens is 2. The molecule has 1 spiro atoms. The molecule has 3 aliphatic heterocycles. The van der Waals surface area contributed by atoms with Gasteiger partial charge in [0, 0.05) is 43.3 Å². The normalized spacial score (nSPS) is 27.2. The predicted molar refractivity (Wildman–Crippen MR) is 101 cm³/mol. The van der Waals surface area contributed by atoms with E-state index in [4.69, 9.17) is 4.74 Å². The van der Waals surface area contributed by atoms with Gasteiger partial charge < -0.3 is 14.7 Å². The average molecular weight is 408 g/mol. The lowest BCUT2D eigenvalue weighted by molar-refractivity contribution is -0.134. The Kier molecular flexibility index (Phi) is 5.57. The van der Waals surface area contributed by atoms with Crippen LogP contribution in [0.4, 0.5) is 14.5 Å². The molecule has 3 fully saturated rings. The van der Waals surface area contributed by atoms with Crippen molar-refractivity contribution in [2.75, 3.05) is 31.2 Å². The van der Waals surface area contributed by atoms with Crippen molar-refractivity contribution in [2.24, 2.45) is 5.92 Å². The first kappa shape index (κ1) is 20.2. The van der Waals surface area contributed by atoms with Crippen LogP contribution in [0.3, 0.4) is 0 Å². The van der Waals surface area contributed by atoms with Crippen LogP contribution in [0.1, 0.15) is 50.0 Å². The molecule has 3 aliphatic rings. The highest BCUT2D eigenvalue weighted by atomic mass is 19.1. The van der Waals surface area contributed by atoms with Crippen LogP contribution in [0.15, 0.2) is 12.1 Å². The van der Waals surface area contributed by atoms with Crippen molar-refractivity contribution in [1.29, 1.82) is 0 Å². The number of imide groups is 1. The van der Waals surface area contributed by atoms with E-state index in [9.17, 15) is 23.5 Å². The molecule has 158 valence electrons. The van der Waals surface area contributed by atoms with E-state index in [1.165, 1.54) is 12.1 Å². The monoisotopic (exact) mass is 408 g/mol. The van der Waals surface area contributed by atoms with Gasteiger partial charge in [0.2, 0.25) is 11.8 Å². The molecular formula is C21H26F2N2O4. The molecule has 0 radical (unpaired) electrons. The fourth-order valence-electron chi connectivity index (χ4n) is 4.68. The number of carbonyl (C=O) groups excluding carboxylic acids is 2. The van der Waals surface area contributed by atoms with E-state index in [2.05, 4.69) is 5.32 Å². The summed E-state index contributed by atoms with van der Waals surface area (Å²) in [6.45, 7) is 1.95. The Bertz CT molecular complexity index is 775. The molecule has 0 bridgehead atoms. The van der Waals surface area contributed by atoms with Gasteiger partial charge in [0.25, 0.3) is 0 Å². The minimum Gasteiger partial charge on any atom is -0.396 e. The topological polar surface area (TPSA) is 78.9 Å². The fraction of sp³-hybridized carbons (Fsp3) is 0.619. The van der Waals surface area contributed by atoms with Gasteiger partial charge in [-0.3, -0.25) is 14.9 Å². The van der Waals surface area contributed by atoms with Crippen molar-refractivity contribution in [3.8, 4) is 0 Å². The van der Waals surface area contributed by atoms with Crippen molar-refractivity contribution in [1.82, 2.24) is 5.32 Å². The first-order valence-corrected chi connectivity index (χ1v) is 10.2. The summed E-state index contributed by atoms with van der Waals surface area (Å²) in [5, 5.41) is 11.4. The van der Waals surface area contributed by atoms with Crippen molar-refractivity contribution in [3.63, 3.8) is 0 Å². The Morgan fingerprint density at radius 3 is 2.38 bits per heavy atom. The third kappa shape index (κ3) is 4.00. The fourth-order valence-corrected chi connectivity index (χ4v) is 4.68. The molecule has 6 nitrogen and oxygen atoms in total. The SMILES string of the molecule is O=C1CCC(c2c(F)cc(N3CCC4(CCC(CO)CO4)CC3)cc2F)C(=O)N1. The highest BCUT2D eigenvalue weighted by Gasteiger charge is 2.39. The van der Waals surface area contributed by atoms with E-state index in [0.29, 0.717) is 25.4 Å². The van der Waals surface area contributed by atoms with Crippen LogP contribution in [0, 0.1) is 17.6 Å². The van der Waals surface area contributed by atoms with E-state index in [1.54, 1.807) is 0 Å². The number of anilines is 1. The zero-order valence-electron chi connectivity index (χ0n) is 16.3. The molecule has 3 saturated heterocycles. The lowest BCUT2D eigenvalue weighted by Gasteiger charge is -2.46. The van der Waals surface area contributed by atoms with Crippen LogP contribution >= 0.6 is 0 Å². The summed E-state index contributed by atoms with van der Waals surface area (Å²) in [7, 11) is 0. The van der Waals surface area contributed by atoms with E-state index in [0.717, 1.165) is 25.7 Å². The highest BCUT2D eigenvalue weighted by Crippen LogP contribution is 2.39. The van der Waals surface area contributed by atoms with E-state index in [-0.39, 0.29) is 36.5 Å². The number of carbonyl (C=O) groups is 2. The quantitative estimate of drug-likeness (QED) is 0.750. The molecule has 2 N–H and O–H groups in total. The van der Waals surface area contributed by atoms with Crippen molar-refractivity contribution >= 4 is 17.5 Å². The third-order valence-electron chi connectivity index (χ3n) is 6.58. The van der Waals surface area contributed by atoms with Crippen LogP contribution in [0.5, 0.6) is 0 Å². The largest absolute Gasteiger partial charge is 0.396 e. The Labute approximate surface area is 168 Å². The zero-order valence-corrected chi connectivity index (χ0v) is 16.3. The number of hydrogen-bond acceptors (Lipinski definition) is 5. The van der Waals surface area contributed by atoms with Gasteiger partial charge in [-0.2, -0.15) is 0 Å². The number of benzene rings is 1. The number of aliphatic hydroxyl groups excluding tert-OH is 1. The second kappa shape index (κ2) is 7.99. The van der Waals surface area contributed by atoms with Gasteiger partial charge in [0.15, 0.2) is 0 Å². The average Bonchev–Trinajstić information content (AvgIpc) is 2.70. The number of rotatable bonds is 3. The Hall–Kier alpha value is -2.06. The van der Waals surface area contributed by atoms with Gasteiger partial charge in [-0.1, -0.05) is 0 Å². The molecule has 1 aromatic carbocycles.